The van der Waals surface area contributed by atoms with E-state index in [4.69, 9.17) is 0 Å². The van der Waals surface area contributed by atoms with Gasteiger partial charge >= 0.3 is 0 Å². The summed E-state index contributed by atoms with van der Waals surface area (Å²) in [6.45, 7) is 0.239. The Balaban J connectivity index is 1.67. The van der Waals surface area contributed by atoms with Crippen LogP contribution >= 0.6 is 11.8 Å². The van der Waals surface area contributed by atoms with Crippen LogP contribution in [0, 0.1) is 0 Å². The van der Waals surface area contributed by atoms with E-state index in [9.17, 15) is 9.90 Å². The number of fused-ring (bicyclic) bond motifs is 1. The van der Waals surface area contributed by atoms with Gasteiger partial charge in [-0.1, -0.05) is 24.3 Å². The molecular formula is C17H18N2O2S. The quantitative estimate of drug-likeness (QED) is 0.848. The van der Waals surface area contributed by atoms with Crippen molar-refractivity contribution in [2.75, 3.05) is 12.8 Å². The monoisotopic (exact) mass is 314 g/mol. The number of carbonyl (C=O) groups is 1. The number of aromatic nitrogens is 1. The van der Waals surface area contributed by atoms with Crippen LogP contribution in [-0.2, 0) is 12.8 Å². The predicted octanol–water partition coefficient (Wildman–Crippen LogP) is 2.06. The summed E-state index contributed by atoms with van der Waals surface area (Å²) in [6, 6.07) is 11.5. The molecule has 5 heteroatoms. The number of nitrogens with zero attached hydrogens (tertiary/aromatic N) is 1. The van der Waals surface area contributed by atoms with Crippen molar-refractivity contribution in [2.24, 2.45) is 0 Å². The first-order chi connectivity index (χ1) is 10.6. The molecule has 1 heterocycles. The van der Waals surface area contributed by atoms with E-state index in [-0.39, 0.29) is 12.5 Å². The van der Waals surface area contributed by atoms with Gasteiger partial charge in [0.25, 0.3) is 5.91 Å². The maximum atomic E-state index is 12.3. The van der Waals surface area contributed by atoms with Crippen molar-refractivity contribution in [1.82, 2.24) is 10.3 Å². The molecule has 4 nitrogen and oxygen atoms in total. The maximum Gasteiger partial charge on any atom is 0.254 e. The van der Waals surface area contributed by atoms with Gasteiger partial charge < -0.3 is 10.4 Å². The first kappa shape index (κ1) is 15.1. The van der Waals surface area contributed by atoms with Gasteiger partial charge in [-0.3, -0.25) is 4.79 Å². The van der Waals surface area contributed by atoms with Crippen LogP contribution in [-0.4, -0.2) is 34.4 Å². The molecule has 1 aliphatic rings. The Morgan fingerprint density at radius 2 is 1.95 bits per heavy atom. The highest BCUT2D eigenvalue weighted by atomic mass is 32.2. The lowest BCUT2D eigenvalue weighted by atomic mass is 10.0. The highest BCUT2D eigenvalue weighted by Crippen LogP contribution is 2.29. The van der Waals surface area contributed by atoms with E-state index in [1.54, 1.807) is 18.3 Å². The largest absolute Gasteiger partial charge is 0.387 e. The number of thioether (sulfide) groups is 1. The van der Waals surface area contributed by atoms with E-state index < -0.39 is 5.60 Å². The summed E-state index contributed by atoms with van der Waals surface area (Å²) in [6.07, 6.45) is 4.71. The Labute approximate surface area is 134 Å². The molecule has 0 unspecified atom stereocenters. The minimum absolute atomic E-state index is 0.193. The number of hydrogen-bond donors (Lipinski definition) is 2. The lowest BCUT2D eigenvalue weighted by Gasteiger charge is -2.22. The number of hydrogen-bond acceptors (Lipinski definition) is 4. The molecule has 0 fully saturated rings. The zero-order valence-corrected chi connectivity index (χ0v) is 13.2. The highest BCUT2D eigenvalue weighted by Gasteiger charge is 2.35. The molecule has 0 atom stereocenters. The second-order valence-electron chi connectivity index (χ2n) is 5.59. The van der Waals surface area contributed by atoms with Crippen molar-refractivity contribution >= 4 is 17.7 Å². The normalized spacial score (nSPS) is 15.4. The van der Waals surface area contributed by atoms with Crippen LogP contribution in [0.25, 0.3) is 0 Å². The van der Waals surface area contributed by atoms with Gasteiger partial charge in [-0.25, -0.2) is 4.98 Å². The summed E-state index contributed by atoms with van der Waals surface area (Å²) in [5.74, 6) is -0.193. The van der Waals surface area contributed by atoms with Crippen LogP contribution in [0.2, 0.25) is 0 Å². The average molecular weight is 314 g/mol. The first-order valence-corrected chi connectivity index (χ1v) is 8.40. The number of rotatable bonds is 4. The van der Waals surface area contributed by atoms with E-state index in [1.807, 2.05) is 30.5 Å². The first-order valence-electron chi connectivity index (χ1n) is 7.18. The molecule has 1 aliphatic carbocycles. The SMILES string of the molecule is CSc1ncccc1C(=O)NCC1(O)Cc2ccccc2C1. The Morgan fingerprint density at radius 3 is 2.59 bits per heavy atom. The van der Waals surface area contributed by atoms with Gasteiger partial charge in [-0.05, 0) is 29.5 Å². The molecule has 2 aromatic rings. The second kappa shape index (κ2) is 6.10. The van der Waals surface area contributed by atoms with E-state index in [1.165, 1.54) is 11.8 Å². The molecule has 0 radical (unpaired) electrons. The van der Waals surface area contributed by atoms with Gasteiger partial charge in [0.15, 0.2) is 0 Å². The summed E-state index contributed by atoms with van der Waals surface area (Å²) in [4.78, 5) is 16.5. The van der Waals surface area contributed by atoms with Gasteiger partial charge in [0.05, 0.1) is 11.2 Å². The number of benzene rings is 1. The Kier molecular flexibility index (Phi) is 4.18. The number of aliphatic hydroxyl groups is 1. The molecule has 0 saturated heterocycles. The van der Waals surface area contributed by atoms with Crippen LogP contribution in [0.15, 0.2) is 47.6 Å². The van der Waals surface area contributed by atoms with Gasteiger partial charge in [-0.15, -0.1) is 11.8 Å². The second-order valence-corrected chi connectivity index (χ2v) is 6.38. The molecule has 0 bridgehead atoms. The lowest BCUT2D eigenvalue weighted by Crippen LogP contribution is -2.43. The van der Waals surface area contributed by atoms with Crippen LogP contribution in [0.5, 0.6) is 0 Å². The molecule has 0 saturated carbocycles. The number of amides is 1. The summed E-state index contributed by atoms with van der Waals surface area (Å²) in [5, 5.41) is 14.2. The third-order valence-electron chi connectivity index (χ3n) is 3.94. The fourth-order valence-electron chi connectivity index (χ4n) is 2.87. The number of pyridine rings is 1. The van der Waals surface area contributed by atoms with Crippen molar-refractivity contribution in [2.45, 2.75) is 23.5 Å². The van der Waals surface area contributed by atoms with E-state index in [0.29, 0.717) is 23.4 Å². The van der Waals surface area contributed by atoms with Gasteiger partial charge in [-0.2, -0.15) is 0 Å². The molecule has 1 aromatic carbocycles. The molecule has 3 rings (SSSR count). The summed E-state index contributed by atoms with van der Waals surface area (Å²) >= 11 is 1.44. The predicted molar refractivity (Wildman–Crippen MR) is 87.2 cm³/mol. The number of nitrogens with one attached hydrogen (secondary N) is 1. The van der Waals surface area contributed by atoms with Crippen LogP contribution in [0.1, 0.15) is 21.5 Å². The van der Waals surface area contributed by atoms with Crippen LogP contribution in [0.3, 0.4) is 0 Å². The van der Waals surface area contributed by atoms with Crippen molar-refractivity contribution in [3.05, 3.63) is 59.3 Å². The maximum absolute atomic E-state index is 12.3. The van der Waals surface area contributed by atoms with Crippen molar-refractivity contribution < 1.29 is 9.90 Å². The number of carbonyl (C=O) groups excluding carboxylic acids is 1. The van der Waals surface area contributed by atoms with Crippen molar-refractivity contribution in [1.29, 1.82) is 0 Å². The van der Waals surface area contributed by atoms with Gasteiger partial charge in [0.1, 0.15) is 5.03 Å². The molecular weight excluding hydrogens is 296 g/mol. The molecule has 0 spiro atoms. The third-order valence-corrected chi connectivity index (χ3v) is 4.66. The fraction of sp³-hybridized carbons (Fsp3) is 0.294. The molecule has 0 aliphatic heterocycles. The highest BCUT2D eigenvalue weighted by molar-refractivity contribution is 7.98. The molecule has 2 N–H and O–H groups in total. The van der Waals surface area contributed by atoms with E-state index >= 15 is 0 Å². The molecule has 22 heavy (non-hydrogen) atoms. The molecule has 1 amide bonds. The third kappa shape index (κ3) is 3.00. The van der Waals surface area contributed by atoms with Gasteiger partial charge in [0, 0.05) is 25.6 Å². The minimum atomic E-state index is -0.902. The van der Waals surface area contributed by atoms with E-state index in [0.717, 1.165) is 11.1 Å². The zero-order valence-electron chi connectivity index (χ0n) is 12.4. The Morgan fingerprint density at radius 1 is 1.27 bits per heavy atom. The summed E-state index contributed by atoms with van der Waals surface area (Å²) in [7, 11) is 0. The van der Waals surface area contributed by atoms with Crippen LogP contribution < -0.4 is 5.32 Å². The zero-order chi connectivity index (χ0) is 15.6. The molecule has 114 valence electrons. The minimum Gasteiger partial charge on any atom is -0.387 e. The smallest absolute Gasteiger partial charge is 0.254 e. The van der Waals surface area contributed by atoms with Gasteiger partial charge in [0.2, 0.25) is 0 Å². The van der Waals surface area contributed by atoms with Crippen molar-refractivity contribution in [3.8, 4) is 0 Å². The van der Waals surface area contributed by atoms with Crippen LogP contribution in [0.4, 0.5) is 0 Å². The molecule has 1 aromatic heterocycles. The Bertz CT molecular complexity index is 678. The fourth-order valence-corrected chi connectivity index (χ4v) is 3.41. The lowest BCUT2D eigenvalue weighted by molar-refractivity contribution is 0.0479. The summed E-state index contributed by atoms with van der Waals surface area (Å²) < 4.78 is 0. The Hall–Kier alpha value is -1.85. The summed E-state index contributed by atoms with van der Waals surface area (Å²) in [5.41, 5.74) is 1.96. The van der Waals surface area contributed by atoms with E-state index in [2.05, 4.69) is 10.3 Å². The average Bonchev–Trinajstić information content (AvgIpc) is 2.89. The topological polar surface area (TPSA) is 62.2 Å². The van der Waals surface area contributed by atoms with Crippen molar-refractivity contribution in [3.63, 3.8) is 0 Å². The standard InChI is InChI=1S/C17H18N2O2S/c1-22-16-14(7-4-8-18-16)15(20)19-11-17(21)9-12-5-2-3-6-13(12)10-17/h2-8,21H,9-11H2,1H3,(H,19,20).